The number of imidazole rings is 1. The van der Waals surface area contributed by atoms with Crippen molar-refractivity contribution in [3.05, 3.63) is 26.7 Å². The number of rotatable bonds is 5. The Balaban J connectivity index is 2.77. The molecule has 0 radical (unpaired) electrons. The molecule has 1 N–H and O–H groups in total. The van der Waals surface area contributed by atoms with E-state index in [2.05, 4.69) is 4.98 Å². The molecule has 0 atom stereocenters. The summed E-state index contributed by atoms with van der Waals surface area (Å²) in [7, 11) is 1.49. The monoisotopic (exact) mass is 498 g/mol. The van der Waals surface area contributed by atoms with E-state index < -0.39 is 64.0 Å². The Morgan fingerprint density at radius 2 is 1.12 bits per heavy atom. The molecule has 0 aromatic carbocycles. The molecule has 0 saturated heterocycles. The molecule has 0 aliphatic heterocycles. The highest BCUT2D eigenvalue weighted by Gasteiger charge is 2.91. The predicted octanol–water partition coefficient (Wildman–Crippen LogP) is 3.16. The lowest BCUT2D eigenvalue weighted by molar-refractivity contribution is -0.442. The molecule has 2 rings (SSSR count). The van der Waals surface area contributed by atoms with Gasteiger partial charge in [0.05, 0.1) is 0 Å². The molecule has 2 aromatic heterocycles. The van der Waals surface area contributed by atoms with E-state index in [-0.39, 0.29) is 9.13 Å². The van der Waals surface area contributed by atoms with Crippen LogP contribution >= 0.6 is 0 Å². The number of halogens is 13. The third kappa shape index (κ3) is 2.91. The molecule has 0 bridgehead atoms. The Morgan fingerprint density at radius 3 is 1.56 bits per heavy atom. The van der Waals surface area contributed by atoms with Gasteiger partial charge in [-0.3, -0.25) is 13.9 Å². The van der Waals surface area contributed by atoms with E-state index in [0.717, 1.165) is 19.1 Å². The van der Waals surface area contributed by atoms with E-state index in [0.29, 0.717) is 0 Å². The molecule has 0 aliphatic carbocycles. The Bertz CT molecular complexity index is 1170. The van der Waals surface area contributed by atoms with Gasteiger partial charge in [0.2, 0.25) is 0 Å². The van der Waals surface area contributed by atoms with Crippen molar-refractivity contribution < 1.29 is 57.1 Å². The summed E-state index contributed by atoms with van der Waals surface area (Å²) >= 11 is 0. The molecule has 32 heavy (non-hydrogen) atoms. The molecule has 0 saturated carbocycles. The van der Waals surface area contributed by atoms with Crippen LogP contribution in [0.3, 0.4) is 0 Å². The fraction of sp³-hybridized carbons (Fsp3) is 0.615. The van der Waals surface area contributed by atoms with Crippen LogP contribution in [0.25, 0.3) is 11.2 Å². The number of aryl methyl sites for hydroxylation is 1. The smallest absolute Gasteiger partial charge is 0.331 e. The third-order valence-electron chi connectivity index (χ3n) is 4.33. The van der Waals surface area contributed by atoms with Gasteiger partial charge < -0.3 is 4.98 Å². The highest BCUT2D eigenvalue weighted by Crippen LogP contribution is 2.61. The standard InChI is InChI=1S/C13H7F13N4O2/c1-29-4-3(5(31)30(2)7(29)32)27-6(28-4)8(14,15)9(16,17)10(18,19)11(20,21)12(22,23)13(24,25)26/h1-2H3,(H,27,28). The summed E-state index contributed by atoms with van der Waals surface area (Å²) in [5, 5.41) is 0. The first kappa shape index (κ1) is 25.5. The van der Waals surface area contributed by atoms with Gasteiger partial charge in [0.1, 0.15) is 5.52 Å². The Hall–Kier alpha value is -2.76. The maximum absolute atomic E-state index is 14.2. The second-order valence-corrected chi connectivity index (χ2v) is 6.36. The van der Waals surface area contributed by atoms with Crippen LogP contribution in [0.5, 0.6) is 0 Å². The van der Waals surface area contributed by atoms with Crippen LogP contribution in [0, 0.1) is 0 Å². The van der Waals surface area contributed by atoms with Crippen LogP contribution in [-0.4, -0.2) is 49.0 Å². The zero-order valence-electron chi connectivity index (χ0n) is 15.1. The number of hydrogen-bond donors (Lipinski definition) is 1. The van der Waals surface area contributed by atoms with Crippen molar-refractivity contribution in [1.82, 2.24) is 19.1 Å². The first-order valence-corrected chi connectivity index (χ1v) is 7.60. The maximum atomic E-state index is 14.2. The lowest BCUT2D eigenvalue weighted by Gasteiger charge is -2.39. The van der Waals surface area contributed by atoms with Gasteiger partial charge in [0, 0.05) is 14.1 Å². The lowest BCUT2D eigenvalue weighted by atomic mass is 9.93. The van der Waals surface area contributed by atoms with Crippen molar-refractivity contribution in [2.75, 3.05) is 0 Å². The van der Waals surface area contributed by atoms with E-state index in [1.807, 2.05) is 0 Å². The summed E-state index contributed by atoms with van der Waals surface area (Å²) in [6.07, 6.45) is -7.53. The van der Waals surface area contributed by atoms with Gasteiger partial charge >= 0.3 is 41.5 Å². The number of fused-ring (bicyclic) bond motifs is 1. The van der Waals surface area contributed by atoms with E-state index >= 15 is 0 Å². The Morgan fingerprint density at radius 1 is 0.688 bits per heavy atom. The van der Waals surface area contributed by atoms with Crippen LogP contribution in [0.2, 0.25) is 0 Å². The average Bonchev–Trinajstić information content (AvgIpc) is 3.09. The molecule has 0 aliphatic rings. The number of nitrogens with zero attached hydrogens (tertiary/aromatic N) is 3. The normalized spacial score (nSPS) is 15.0. The zero-order chi connectivity index (χ0) is 25.5. The largest absolute Gasteiger partial charge is 0.460 e. The highest BCUT2D eigenvalue weighted by molar-refractivity contribution is 5.70. The summed E-state index contributed by atoms with van der Waals surface area (Å²) in [6.45, 7) is 0. The van der Waals surface area contributed by atoms with Crippen molar-refractivity contribution in [2.24, 2.45) is 14.1 Å². The minimum absolute atomic E-state index is 0.202. The van der Waals surface area contributed by atoms with E-state index in [9.17, 15) is 66.7 Å². The van der Waals surface area contributed by atoms with Crippen molar-refractivity contribution in [3.63, 3.8) is 0 Å². The van der Waals surface area contributed by atoms with Crippen LogP contribution in [0.4, 0.5) is 57.1 Å². The summed E-state index contributed by atoms with van der Waals surface area (Å²) in [6, 6.07) is 0. The number of nitrogens with one attached hydrogen (secondary N) is 1. The summed E-state index contributed by atoms with van der Waals surface area (Å²) in [4.78, 5) is 27.2. The van der Waals surface area contributed by atoms with Crippen molar-refractivity contribution in [1.29, 1.82) is 0 Å². The second kappa shape index (κ2) is 6.63. The molecule has 6 nitrogen and oxygen atoms in total. The number of aromatic nitrogens is 4. The molecule has 2 aromatic rings. The van der Waals surface area contributed by atoms with Crippen LogP contribution in [0.1, 0.15) is 5.82 Å². The van der Waals surface area contributed by atoms with E-state index in [1.165, 1.54) is 0 Å². The maximum Gasteiger partial charge on any atom is 0.460 e. The van der Waals surface area contributed by atoms with E-state index in [1.54, 1.807) is 0 Å². The van der Waals surface area contributed by atoms with E-state index in [4.69, 9.17) is 0 Å². The average molecular weight is 498 g/mol. The molecular formula is C13H7F13N4O2. The summed E-state index contributed by atoms with van der Waals surface area (Å²) in [5.74, 6) is -40.9. The molecule has 0 amide bonds. The Kier molecular flexibility index (Phi) is 5.28. The molecule has 19 heteroatoms. The SMILES string of the molecule is Cn1c(=O)c2[nH]c(C(F)(F)C(F)(F)C(F)(F)C(F)(F)C(F)(F)C(F)(F)F)nc2n(C)c1=O. The zero-order valence-corrected chi connectivity index (χ0v) is 15.1. The quantitative estimate of drug-likeness (QED) is 0.645. The van der Waals surface area contributed by atoms with Gasteiger partial charge in [0.15, 0.2) is 11.5 Å². The fourth-order valence-electron chi connectivity index (χ4n) is 2.39. The summed E-state index contributed by atoms with van der Waals surface area (Å²) < 4.78 is 172. The van der Waals surface area contributed by atoms with Gasteiger partial charge in [-0.25, -0.2) is 9.78 Å². The molecular weight excluding hydrogens is 491 g/mol. The second-order valence-electron chi connectivity index (χ2n) is 6.36. The number of aromatic amines is 1. The van der Waals surface area contributed by atoms with Gasteiger partial charge in [-0.1, -0.05) is 0 Å². The lowest BCUT2D eigenvalue weighted by Crippen LogP contribution is -2.69. The summed E-state index contributed by atoms with van der Waals surface area (Å²) in [5.41, 5.74) is -5.19. The predicted molar refractivity (Wildman–Crippen MR) is 76.3 cm³/mol. The van der Waals surface area contributed by atoms with Crippen LogP contribution in [0.15, 0.2) is 9.59 Å². The first-order chi connectivity index (χ1) is 14.0. The number of alkyl halides is 13. The molecule has 182 valence electrons. The molecule has 0 fully saturated rings. The number of H-pyrrole nitrogens is 1. The topological polar surface area (TPSA) is 72.7 Å². The van der Waals surface area contributed by atoms with Crippen molar-refractivity contribution >= 4 is 11.2 Å². The highest BCUT2D eigenvalue weighted by atomic mass is 19.4. The van der Waals surface area contributed by atoms with Gasteiger partial charge in [-0.15, -0.1) is 0 Å². The molecule has 0 unspecified atom stereocenters. The van der Waals surface area contributed by atoms with Crippen LogP contribution in [-0.2, 0) is 20.0 Å². The third-order valence-corrected chi connectivity index (χ3v) is 4.33. The van der Waals surface area contributed by atoms with Crippen molar-refractivity contribution in [2.45, 2.75) is 35.8 Å². The fourth-order valence-corrected chi connectivity index (χ4v) is 2.39. The Labute approximate surface area is 165 Å². The minimum Gasteiger partial charge on any atom is -0.331 e. The number of hydrogen-bond acceptors (Lipinski definition) is 3. The van der Waals surface area contributed by atoms with Crippen molar-refractivity contribution in [3.8, 4) is 0 Å². The molecule has 0 spiro atoms. The van der Waals surface area contributed by atoms with Crippen LogP contribution < -0.4 is 11.2 Å². The minimum atomic E-state index is -8.07. The van der Waals surface area contributed by atoms with Gasteiger partial charge in [0.25, 0.3) is 5.56 Å². The van der Waals surface area contributed by atoms with Gasteiger partial charge in [-0.05, 0) is 0 Å². The first-order valence-electron chi connectivity index (χ1n) is 7.60. The molecule has 2 heterocycles. The van der Waals surface area contributed by atoms with Gasteiger partial charge in [-0.2, -0.15) is 57.1 Å².